The van der Waals surface area contributed by atoms with E-state index in [1.54, 1.807) is 0 Å². The van der Waals surface area contributed by atoms with Gasteiger partial charge in [0, 0.05) is 0 Å². The fourth-order valence-electron chi connectivity index (χ4n) is 4.33. The van der Waals surface area contributed by atoms with Crippen LogP contribution in [0.4, 0.5) is 0 Å². The maximum absolute atomic E-state index is 4.44. The Morgan fingerprint density at radius 3 is 1.20 bits per heavy atom. The third-order valence-electron chi connectivity index (χ3n) is 6.54. The Morgan fingerprint density at radius 1 is 0.467 bits per heavy atom. The van der Waals surface area contributed by atoms with Crippen LogP contribution in [0.2, 0.25) is 0 Å². The smallest absolute Gasteiger partial charge is 0.0294 e. The van der Waals surface area contributed by atoms with E-state index >= 15 is 0 Å². The fourth-order valence-corrected chi connectivity index (χ4v) is 4.33. The summed E-state index contributed by atoms with van der Waals surface area (Å²) < 4.78 is 0. The molecule has 0 aliphatic carbocycles. The predicted molar refractivity (Wildman–Crippen MR) is 140 cm³/mol. The van der Waals surface area contributed by atoms with Crippen LogP contribution in [-0.2, 0) is 0 Å². The van der Waals surface area contributed by atoms with Crippen molar-refractivity contribution < 1.29 is 0 Å². The van der Waals surface area contributed by atoms with Crippen molar-refractivity contribution in [2.75, 3.05) is 0 Å². The summed E-state index contributed by atoms with van der Waals surface area (Å²) in [6.07, 6.45) is 26.1. The van der Waals surface area contributed by atoms with Gasteiger partial charge in [0.15, 0.2) is 0 Å². The van der Waals surface area contributed by atoms with E-state index in [1.165, 1.54) is 145 Å². The molecule has 0 nitrogen and oxygen atoms in total. The Morgan fingerprint density at radius 2 is 0.833 bits per heavy atom. The van der Waals surface area contributed by atoms with Crippen molar-refractivity contribution in [3.63, 3.8) is 0 Å². The predicted octanol–water partition coefficient (Wildman–Crippen LogP) is 11.1. The zero-order chi connectivity index (χ0) is 22.5. The molecular weight excluding hydrogens is 360 g/mol. The molecule has 0 spiro atoms. The Kier molecular flexibility index (Phi) is 20.9. The van der Waals surface area contributed by atoms with Gasteiger partial charge < -0.3 is 0 Å². The molecule has 0 aromatic heterocycles. The number of rotatable bonds is 23. The van der Waals surface area contributed by atoms with E-state index in [4.69, 9.17) is 0 Å². The molecule has 30 heavy (non-hydrogen) atoms. The van der Waals surface area contributed by atoms with Gasteiger partial charge in [-0.05, 0) is 76.5 Å². The van der Waals surface area contributed by atoms with Crippen molar-refractivity contribution in [1.82, 2.24) is 0 Å². The Bertz CT molecular complexity index is 399. The van der Waals surface area contributed by atoms with Crippen LogP contribution in [0.1, 0.15) is 149 Å². The average molecular weight is 417 g/mol. The number of hydrogen-bond donors (Lipinski definition) is 0. The van der Waals surface area contributed by atoms with Gasteiger partial charge in [0.05, 0.1) is 0 Å². The third kappa shape index (κ3) is 19.2. The summed E-state index contributed by atoms with van der Waals surface area (Å²) in [6, 6.07) is 0. The highest BCUT2D eigenvalue weighted by molar-refractivity contribution is 5.00. The van der Waals surface area contributed by atoms with Crippen LogP contribution in [0.15, 0.2) is 36.5 Å². The first-order chi connectivity index (χ1) is 14.5. The Labute approximate surface area is 191 Å². The van der Waals surface area contributed by atoms with Gasteiger partial charge in [-0.3, -0.25) is 0 Å². The molecule has 0 fully saturated rings. The molecule has 0 saturated heterocycles. The molecule has 0 aromatic rings. The first-order valence-corrected chi connectivity index (χ1v) is 13.5. The van der Waals surface area contributed by atoms with Crippen LogP contribution in [-0.4, -0.2) is 0 Å². The molecule has 0 bridgehead atoms. The first-order valence-electron chi connectivity index (χ1n) is 13.5. The molecule has 0 amide bonds. The second-order valence-corrected chi connectivity index (χ2v) is 9.83. The minimum absolute atomic E-state index is 0.767. The van der Waals surface area contributed by atoms with Crippen molar-refractivity contribution in [2.24, 2.45) is 5.92 Å². The number of unbranched alkanes of at least 4 members (excludes halogenated alkanes) is 9. The summed E-state index contributed by atoms with van der Waals surface area (Å²) in [5, 5.41) is 0. The van der Waals surface area contributed by atoms with Crippen LogP contribution in [0, 0.1) is 5.92 Å². The molecule has 0 aliphatic rings. The molecular formula is C30H56. The van der Waals surface area contributed by atoms with Gasteiger partial charge in [-0.15, -0.1) is 0 Å². The van der Waals surface area contributed by atoms with Crippen LogP contribution >= 0.6 is 0 Å². The van der Waals surface area contributed by atoms with Gasteiger partial charge >= 0.3 is 0 Å². The lowest BCUT2D eigenvalue weighted by atomic mass is 9.86. The van der Waals surface area contributed by atoms with Crippen molar-refractivity contribution in [3.8, 4) is 0 Å². The van der Waals surface area contributed by atoms with Crippen molar-refractivity contribution in [1.29, 1.82) is 0 Å². The van der Waals surface area contributed by atoms with Crippen LogP contribution < -0.4 is 0 Å². The quantitative estimate of drug-likeness (QED) is 0.115. The molecule has 0 heterocycles. The van der Waals surface area contributed by atoms with Crippen LogP contribution in [0.25, 0.3) is 0 Å². The van der Waals surface area contributed by atoms with Crippen molar-refractivity contribution in [2.45, 2.75) is 149 Å². The standard InChI is InChI=1S/C30H56/c1-7-10-13-16-19-27(4)22-24-30(26-29(6)21-18-15-12-9-3)25-23-28(5)20-17-14-11-8-2/h30H,4-26H2,1-3H3. The lowest BCUT2D eigenvalue weighted by molar-refractivity contribution is 0.433. The molecule has 0 atom stereocenters. The summed E-state index contributed by atoms with van der Waals surface area (Å²) >= 11 is 0. The summed E-state index contributed by atoms with van der Waals surface area (Å²) in [4.78, 5) is 0. The maximum Gasteiger partial charge on any atom is -0.0294 e. The minimum Gasteiger partial charge on any atom is -0.0999 e. The Hall–Kier alpha value is -0.780. The molecule has 0 N–H and O–H groups in total. The second-order valence-electron chi connectivity index (χ2n) is 9.83. The van der Waals surface area contributed by atoms with E-state index in [0.717, 1.165) is 5.92 Å². The summed E-state index contributed by atoms with van der Waals surface area (Å²) in [5.41, 5.74) is 4.43. The maximum atomic E-state index is 4.44. The van der Waals surface area contributed by atoms with E-state index in [1.807, 2.05) is 0 Å². The summed E-state index contributed by atoms with van der Waals surface area (Å²) in [5.74, 6) is 0.767. The van der Waals surface area contributed by atoms with Gasteiger partial charge in [-0.1, -0.05) is 115 Å². The molecule has 0 aromatic carbocycles. The van der Waals surface area contributed by atoms with Crippen molar-refractivity contribution in [3.05, 3.63) is 36.5 Å². The van der Waals surface area contributed by atoms with E-state index in [2.05, 4.69) is 40.5 Å². The van der Waals surface area contributed by atoms with Crippen LogP contribution in [0.3, 0.4) is 0 Å². The molecule has 176 valence electrons. The minimum atomic E-state index is 0.767. The lowest BCUT2D eigenvalue weighted by Crippen LogP contribution is -2.04. The summed E-state index contributed by atoms with van der Waals surface area (Å²) in [7, 11) is 0. The topological polar surface area (TPSA) is 0 Å². The van der Waals surface area contributed by atoms with Gasteiger partial charge in [0.25, 0.3) is 0 Å². The normalized spacial score (nSPS) is 11.2. The largest absolute Gasteiger partial charge is 0.0999 e. The molecule has 0 rings (SSSR count). The first kappa shape index (κ1) is 29.2. The number of hydrogen-bond acceptors (Lipinski definition) is 0. The molecule has 0 saturated carbocycles. The monoisotopic (exact) mass is 416 g/mol. The highest BCUT2D eigenvalue weighted by atomic mass is 14.2. The van der Waals surface area contributed by atoms with Gasteiger partial charge in [0.1, 0.15) is 0 Å². The average Bonchev–Trinajstić information content (AvgIpc) is 2.73. The van der Waals surface area contributed by atoms with E-state index < -0.39 is 0 Å². The Balaban J connectivity index is 4.37. The lowest BCUT2D eigenvalue weighted by Gasteiger charge is -2.20. The fraction of sp³-hybridized carbons (Fsp3) is 0.800. The van der Waals surface area contributed by atoms with E-state index in [-0.39, 0.29) is 0 Å². The van der Waals surface area contributed by atoms with Crippen molar-refractivity contribution >= 4 is 0 Å². The molecule has 0 unspecified atom stereocenters. The highest BCUT2D eigenvalue weighted by Gasteiger charge is 2.12. The summed E-state index contributed by atoms with van der Waals surface area (Å²) in [6.45, 7) is 20.1. The van der Waals surface area contributed by atoms with E-state index in [9.17, 15) is 0 Å². The van der Waals surface area contributed by atoms with Gasteiger partial charge in [-0.25, -0.2) is 0 Å². The molecule has 0 heteroatoms. The van der Waals surface area contributed by atoms with Gasteiger partial charge in [0.2, 0.25) is 0 Å². The third-order valence-corrected chi connectivity index (χ3v) is 6.54. The SMILES string of the molecule is C=C(CCCCCC)CCC(CCC(=C)CCCCCC)CC(=C)CCCCCC. The molecule has 0 aliphatic heterocycles. The zero-order valence-corrected chi connectivity index (χ0v) is 21.3. The van der Waals surface area contributed by atoms with E-state index in [0.29, 0.717) is 0 Å². The highest BCUT2D eigenvalue weighted by Crippen LogP contribution is 2.29. The molecule has 0 radical (unpaired) electrons. The number of allylic oxidation sites excluding steroid dienone is 3. The second kappa shape index (κ2) is 21.5. The zero-order valence-electron chi connectivity index (χ0n) is 21.3. The van der Waals surface area contributed by atoms with Gasteiger partial charge in [-0.2, -0.15) is 0 Å². The van der Waals surface area contributed by atoms with Crippen LogP contribution in [0.5, 0.6) is 0 Å².